The number of benzene rings is 2. The van der Waals surface area contributed by atoms with Gasteiger partial charge >= 0.3 is 0 Å². The summed E-state index contributed by atoms with van der Waals surface area (Å²) < 4.78 is 15.1. The molecule has 24 heavy (non-hydrogen) atoms. The van der Waals surface area contributed by atoms with Crippen LogP contribution in [0.2, 0.25) is 0 Å². The van der Waals surface area contributed by atoms with E-state index in [9.17, 15) is 9.18 Å². The van der Waals surface area contributed by atoms with Crippen LogP contribution in [0.25, 0.3) is 22.0 Å². The van der Waals surface area contributed by atoms with Crippen LogP contribution in [0.5, 0.6) is 0 Å². The highest BCUT2D eigenvalue weighted by Crippen LogP contribution is 2.23. The van der Waals surface area contributed by atoms with Crippen molar-refractivity contribution in [2.75, 3.05) is 20.6 Å². The molecule has 0 saturated carbocycles. The molecule has 0 unspecified atom stereocenters. The SMILES string of the molecule is CN(C)CCc1nc2cc(-c3cccc(F)c3)ccc2c(=O)n1C. The third-order valence-electron chi connectivity index (χ3n) is 4.11. The molecule has 0 radical (unpaired) electrons. The lowest BCUT2D eigenvalue weighted by Gasteiger charge is -2.13. The van der Waals surface area contributed by atoms with E-state index in [1.807, 2.05) is 32.3 Å². The molecule has 0 atom stereocenters. The molecular formula is C19H20FN3O. The third kappa shape index (κ3) is 3.21. The number of nitrogens with zero attached hydrogens (tertiary/aromatic N) is 3. The molecule has 0 saturated heterocycles. The minimum absolute atomic E-state index is 0.0560. The second kappa shape index (κ2) is 6.53. The number of hydrogen-bond donors (Lipinski definition) is 0. The van der Waals surface area contributed by atoms with Crippen LogP contribution in [-0.4, -0.2) is 35.1 Å². The zero-order chi connectivity index (χ0) is 17.3. The monoisotopic (exact) mass is 325 g/mol. The van der Waals surface area contributed by atoms with E-state index in [0.29, 0.717) is 17.3 Å². The minimum atomic E-state index is -0.281. The standard InChI is InChI=1S/C19H20FN3O/c1-22(2)10-9-18-21-17-12-14(13-5-4-6-15(20)11-13)7-8-16(17)19(24)23(18)3/h4-8,11-12H,9-10H2,1-3H3. The van der Waals surface area contributed by atoms with Gasteiger partial charge in [-0.25, -0.2) is 9.37 Å². The van der Waals surface area contributed by atoms with E-state index in [0.717, 1.165) is 23.5 Å². The molecule has 0 aliphatic carbocycles. The zero-order valence-electron chi connectivity index (χ0n) is 14.1. The second-order valence-electron chi connectivity index (χ2n) is 6.19. The van der Waals surface area contributed by atoms with E-state index in [1.165, 1.54) is 12.1 Å². The van der Waals surface area contributed by atoms with E-state index in [4.69, 9.17) is 0 Å². The fourth-order valence-electron chi connectivity index (χ4n) is 2.71. The van der Waals surface area contributed by atoms with Gasteiger partial charge in [0.05, 0.1) is 10.9 Å². The van der Waals surface area contributed by atoms with Gasteiger partial charge < -0.3 is 4.90 Å². The Morgan fingerprint density at radius 1 is 1.12 bits per heavy atom. The number of rotatable bonds is 4. The van der Waals surface area contributed by atoms with Crippen LogP contribution in [0, 0.1) is 5.82 Å². The van der Waals surface area contributed by atoms with E-state index in [-0.39, 0.29) is 11.4 Å². The van der Waals surface area contributed by atoms with Crippen molar-refractivity contribution in [1.82, 2.24) is 14.5 Å². The average Bonchev–Trinajstić information content (AvgIpc) is 2.56. The molecule has 2 aromatic carbocycles. The number of fused-ring (bicyclic) bond motifs is 1. The molecular weight excluding hydrogens is 305 g/mol. The Balaban J connectivity index is 2.11. The molecule has 0 amide bonds. The molecule has 1 aromatic heterocycles. The van der Waals surface area contributed by atoms with Crippen molar-refractivity contribution in [2.24, 2.45) is 7.05 Å². The first-order valence-electron chi connectivity index (χ1n) is 7.86. The zero-order valence-corrected chi connectivity index (χ0v) is 14.1. The van der Waals surface area contributed by atoms with E-state index < -0.39 is 0 Å². The van der Waals surface area contributed by atoms with Crippen molar-refractivity contribution < 1.29 is 4.39 Å². The summed E-state index contributed by atoms with van der Waals surface area (Å²) in [6, 6.07) is 11.9. The molecule has 3 aromatic rings. The van der Waals surface area contributed by atoms with Crippen molar-refractivity contribution in [3.8, 4) is 11.1 Å². The maximum Gasteiger partial charge on any atom is 0.261 e. The summed E-state index contributed by atoms with van der Waals surface area (Å²) in [5.41, 5.74) is 2.21. The Kier molecular flexibility index (Phi) is 4.44. The quantitative estimate of drug-likeness (QED) is 0.740. The maximum atomic E-state index is 13.5. The third-order valence-corrected chi connectivity index (χ3v) is 4.11. The lowest BCUT2D eigenvalue weighted by Crippen LogP contribution is -2.25. The van der Waals surface area contributed by atoms with Crippen LogP contribution in [-0.2, 0) is 13.5 Å². The van der Waals surface area contributed by atoms with Gasteiger partial charge in [-0.05, 0) is 49.5 Å². The van der Waals surface area contributed by atoms with Gasteiger partial charge in [0, 0.05) is 20.0 Å². The Hall–Kier alpha value is -2.53. The number of halogens is 1. The average molecular weight is 325 g/mol. The summed E-state index contributed by atoms with van der Waals surface area (Å²) in [4.78, 5) is 19.3. The maximum absolute atomic E-state index is 13.5. The molecule has 0 N–H and O–H groups in total. The van der Waals surface area contributed by atoms with Crippen LogP contribution in [0.4, 0.5) is 4.39 Å². The highest BCUT2D eigenvalue weighted by molar-refractivity contribution is 5.83. The van der Waals surface area contributed by atoms with Crippen LogP contribution in [0.1, 0.15) is 5.82 Å². The molecule has 0 bridgehead atoms. The highest BCUT2D eigenvalue weighted by Gasteiger charge is 2.10. The van der Waals surface area contributed by atoms with Crippen LogP contribution >= 0.6 is 0 Å². The fraction of sp³-hybridized carbons (Fsp3) is 0.263. The van der Waals surface area contributed by atoms with Crippen LogP contribution in [0.3, 0.4) is 0 Å². The molecule has 0 aliphatic heterocycles. The molecule has 4 nitrogen and oxygen atoms in total. The van der Waals surface area contributed by atoms with Gasteiger partial charge in [-0.3, -0.25) is 9.36 Å². The summed E-state index contributed by atoms with van der Waals surface area (Å²) in [5.74, 6) is 0.466. The first-order chi connectivity index (χ1) is 11.5. The Bertz CT molecular complexity index is 947. The summed E-state index contributed by atoms with van der Waals surface area (Å²) in [6.45, 7) is 0.815. The molecule has 3 rings (SSSR count). The van der Waals surface area contributed by atoms with Gasteiger partial charge in [-0.1, -0.05) is 18.2 Å². The van der Waals surface area contributed by atoms with Gasteiger partial charge in [0.25, 0.3) is 5.56 Å². The Labute approximate surface area is 140 Å². The normalized spacial score (nSPS) is 11.4. The first kappa shape index (κ1) is 16.3. The van der Waals surface area contributed by atoms with Gasteiger partial charge in [0.15, 0.2) is 0 Å². The number of likely N-dealkylation sites (N-methyl/N-ethyl adjacent to an activating group) is 1. The minimum Gasteiger partial charge on any atom is -0.309 e. The molecule has 124 valence electrons. The van der Waals surface area contributed by atoms with Crippen LogP contribution < -0.4 is 5.56 Å². The van der Waals surface area contributed by atoms with Crippen molar-refractivity contribution in [3.63, 3.8) is 0 Å². The van der Waals surface area contributed by atoms with Crippen molar-refractivity contribution in [3.05, 3.63) is 64.5 Å². The molecule has 0 spiro atoms. The van der Waals surface area contributed by atoms with Crippen molar-refractivity contribution in [1.29, 1.82) is 0 Å². The lowest BCUT2D eigenvalue weighted by molar-refractivity contribution is 0.406. The molecule has 5 heteroatoms. The second-order valence-corrected chi connectivity index (χ2v) is 6.19. The largest absolute Gasteiger partial charge is 0.309 e. The number of hydrogen-bond acceptors (Lipinski definition) is 3. The Morgan fingerprint density at radius 2 is 1.88 bits per heavy atom. The van der Waals surface area contributed by atoms with Gasteiger partial charge in [-0.2, -0.15) is 0 Å². The van der Waals surface area contributed by atoms with E-state index >= 15 is 0 Å². The predicted octanol–water partition coefficient (Wildman–Crippen LogP) is 2.84. The first-order valence-corrected chi connectivity index (χ1v) is 7.86. The van der Waals surface area contributed by atoms with Gasteiger partial charge in [0.1, 0.15) is 11.6 Å². The van der Waals surface area contributed by atoms with Gasteiger partial charge in [-0.15, -0.1) is 0 Å². The smallest absolute Gasteiger partial charge is 0.261 e. The van der Waals surface area contributed by atoms with Crippen molar-refractivity contribution in [2.45, 2.75) is 6.42 Å². The van der Waals surface area contributed by atoms with Crippen LogP contribution in [0.15, 0.2) is 47.3 Å². The summed E-state index contributed by atoms with van der Waals surface area (Å²) in [5, 5.41) is 0.575. The lowest BCUT2D eigenvalue weighted by atomic mass is 10.0. The summed E-state index contributed by atoms with van der Waals surface area (Å²) in [7, 11) is 5.72. The number of aromatic nitrogens is 2. The molecule has 0 aliphatic rings. The molecule has 1 heterocycles. The highest BCUT2D eigenvalue weighted by atomic mass is 19.1. The van der Waals surface area contributed by atoms with Gasteiger partial charge in [0.2, 0.25) is 0 Å². The van der Waals surface area contributed by atoms with E-state index in [1.54, 1.807) is 23.7 Å². The summed E-state index contributed by atoms with van der Waals surface area (Å²) in [6.07, 6.45) is 0.693. The molecule has 0 fully saturated rings. The van der Waals surface area contributed by atoms with Crippen molar-refractivity contribution >= 4 is 10.9 Å². The summed E-state index contributed by atoms with van der Waals surface area (Å²) >= 11 is 0. The Morgan fingerprint density at radius 3 is 2.58 bits per heavy atom. The topological polar surface area (TPSA) is 38.1 Å². The fourth-order valence-corrected chi connectivity index (χ4v) is 2.71. The van der Waals surface area contributed by atoms with E-state index in [2.05, 4.69) is 9.88 Å². The predicted molar refractivity (Wildman–Crippen MR) is 94.6 cm³/mol.